The van der Waals surface area contributed by atoms with Crippen molar-refractivity contribution < 1.29 is 4.79 Å². The van der Waals surface area contributed by atoms with Crippen molar-refractivity contribution in [1.82, 2.24) is 9.88 Å². The predicted molar refractivity (Wildman–Crippen MR) is 90.0 cm³/mol. The van der Waals surface area contributed by atoms with E-state index in [0.717, 1.165) is 25.2 Å². The lowest BCUT2D eigenvalue weighted by atomic mass is 10.1. The highest BCUT2D eigenvalue weighted by molar-refractivity contribution is 6.05. The van der Waals surface area contributed by atoms with Gasteiger partial charge >= 0.3 is 0 Å². The molecular weight excluding hydrogens is 288 g/mol. The molecule has 0 radical (unpaired) electrons. The van der Waals surface area contributed by atoms with Crippen LogP contribution < -0.4 is 5.32 Å². The van der Waals surface area contributed by atoms with Crippen molar-refractivity contribution >= 4 is 11.6 Å². The second-order valence-corrected chi connectivity index (χ2v) is 5.15. The Balaban J connectivity index is 2.14. The average Bonchev–Trinajstić information content (AvgIpc) is 2.59. The third-order valence-electron chi connectivity index (χ3n) is 3.67. The highest BCUT2D eigenvalue weighted by atomic mass is 16.1. The number of pyridine rings is 1. The van der Waals surface area contributed by atoms with Crippen LogP contribution >= 0.6 is 0 Å². The molecule has 1 aromatic heterocycles. The molecule has 1 aromatic carbocycles. The maximum absolute atomic E-state index is 12.3. The lowest BCUT2D eigenvalue weighted by molar-refractivity contribution is 0.102. The summed E-state index contributed by atoms with van der Waals surface area (Å²) >= 11 is 0. The van der Waals surface area contributed by atoms with E-state index in [1.807, 2.05) is 30.3 Å². The molecule has 5 heteroatoms. The largest absolute Gasteiger partial charge is 0.322 e. The van der Waals surface area contributed by atoms with E-state index in [1.165, 1.54) is 18.5 Å². The van der Waals surface area contributed by atoms with Crippen molar-refractivity contribution in [3.8, 4) is 6.07 Å². The lowest BCUT2D eigenvalue weighted by Crippen LogP contribution is -2.22. The number of nitrogens with one attached hydrogen (secondary N) is 1. The third kappa shape index (κ3) is 4.38. The Bertz CT molecular complexity index is 717. The molecule has 23 heavy (non-hydrogen) atoms. The molecule has 0 aliphatic carbocycles. The van der Waals surface area contributed by atoms with E-state index in [4.69, 9.17) is 5.26 Å². The normalized spacial score (nSPS) is 10.3. The van der Waals surface area contributed by atoms with Gasteiger partial charge in [-0.05, 0) is 36.9 Å². The quantitative estimate of drug-likeness (QED) is 0.890. The molecule has 5 nitrogen and oxygen atoms in total. The summed E-state index contributed by atoms with van der Waals surface area (Å²) in [5, 5.41) is 11.9. The molecule has 0 saturated carbocycles. The lowest BCUT2D eigenvalue weighted by Gasteiger charge is -2.18. The van der Waals surface area contributed by atoms with Crippen LogP contribution in [0, 0.1) is 11.3 Å². The van der Waals surface area contributed by atoms with E-state index in [9.17, 15) is 4.79 Å². The number of anilines is 1. The highest BCUT2D eigenvalue weighted by Crippen LogP contribution is 2.15. The van der Waals surface area contributed by atoms with Crippen molar-refractivity contribution in [3.05, 3.63) is 59.4 Å². The van der Waals surface area contributed by atoms with Crippen molar-refractivity contribution in [3.63, 3.8) is 0 Å². The number of aromatic nitrogens is 1. The van der Waals surface area contributed by atoms with Crippen LogP contribution in [0.5, 0.6) is 0 Å². The van der Waals surface area contributed by atoms with Gasteiger partial charge < -0.3 is 5.32 Å². The number of rotatable bonds is 6. The van der Waals surface area contributed by atoms with E-state index in [1.54, 1.807) is 0 Å². The first kappa shape index (κ1) is 16.7. The number of nitriles is 1. The molecule has 0 unspecified atom stereocenters. The van der Waals surface area contributed by atoms with Crippen LogP contribution in [0.15, 0.2) is 42.7 Å². The maximum atomic E-state index is 12.3. The van der Waals surface area contributed by atoms with Gasteiger partial charge in [-0.15, -0.1) is 0 Å². The van der Waals surface area contributed by atoms with Crippen molar-refractivity contribution in [2.75, 3.05) is 18.4 Å². The first-order valence-electron chi connectivity index (χ1n) is 7.64. The van der Waals surface area contributed by atoms with Crippen LogP contribution in [0.25, 0.3) is 0 Å². The molecule has 0 spiro atoms. The summed E-state index contributed by atoms with van der Waals surface area (Å²) in [5.74, 6) is -0.324. The number of nitrogens with zero attached hydrogens (tertiary/aromatic N) is 3. The Hall–Kier alpha value is -2.71. The summed E-state index contributed by atoms with van der Waals surface area (Å²) in [4.78, 5) is 18.5. The van der Waals surface area contributed by atoms with Gasteiger partial charge in [-0.25, -0.2) is 0 Å². The SMILES string of the molecule is CCN(CC)Cc1cccc(NC(=O)c2cnccc2C#N)c1. The number of carbonyl (C=O) groups excluding carboxylic acids is 1. The summed E-state index contributed by atoms with van der Waals surface area (Å²) < 4.78 is 0. The summed E-state index contributed by atoms with van der Waals surface area (Å²) in [6, 6.07) is 11.3. The van der Waals surface area contributed by atoms with E-state index in [2.05, 4.69) is 29.0 Å². The van der Waals surface area contributed by atoms with Crippen LogP contribution in [0.4, 0.5) is 5.69 Å². The Morgan fingerprint density at radius 3 is 2.78 bits per heavy atom. The smallest absolute Gasteiger partial charge is 0.258 e. The summed E-state index contributed by atoms with van der Waals surface area (Å²) in [5.41, 5.74) is 2.45. The minimum Gasteiger partial charge on any atom is -0.322 e. The minimum absolute atomic E-state index is 0.282. The number of hydrogen-bond donors (Lipinski definition) is 1. The molecule has 0 atom stereocenters. The molecule has 1 heterocycles. The molecule has 2 rings (SSSR count). The number of hydrogen-bond acceptors (Lipinski definition) is 4. The van der Waals surface area contributed by atoms with Gasteiger partial charge in [0.25, 0.3) is 5.91 Å². The van der Waals surface area contributed by atoms with Gasteiger partial charge in [0, 0.05) is 24.6 Å². The molecule has 2 aromatic rings. The predicted octanol–water partition coefficient (Wildman–Crippen LogP) is 3.05. The van der Waals surface area contributed by atoms with Gasteiger partial charge in [0.05, 0.1) is 11.1 Å². The van der Waals surface area contributed by atoms with Crippen LogP contribution in [-0.2, 0) is 6.54 Å². The third-order valence-corrected chi connectivity index (χ3v) is 3.67. The van der Waals surface area contributed by atoms with Crippen LogP contribution in [0.1, 0.15) is 35.3 Å². The monoisotopic (exact) mass is 308 g/mol. The average molecular weight is 308 g/mol. The van der Waals surface area contributed by atoms with Crippen LogP contribution in [0.3, 0.4) is 0 Å². The molecule has 0 aliphatic heterocycles. The number of carbonyl (C=O) groups is 1. The number of benzene rings is 1. The first-order chi connectivity index (χ1) is 11.2. The zero-order chi connectivity index (χ0) is 16.7. The molecule has 0 saturated heterocycles. The molecule has 1 N–H and O–H groups in total. The highest BCUT2D eigenvalue weighted by Gasteiger charge is 2.12. The zero-order valence-electron chi connectivity index (χ0n) is 13.4. The van der Waals surface area contributed by atoms with Gasteiger partial charge in [0.15, 0.2) is 0 Å². The Morgan fingerprint density at radius 1 is 1.30 bits per heavy atom. The summed E-state index contributed by atoms with van der Waals surface area (Å²) in [6.45, 7) is 7.05. The fourth-order valence-electron chi connectivity index (χ4n) is 2.32. The molecule has 0 bridgehead atoms. The fraction of sp³-hybridized carbons (Fsp3) is 0.278. The molecule has 0 aliphatic rings. The number of amides is 1. The Kier molecular flexibility index (Phi) is 5.84. The molecule has 0 fully saturated rings. The van der Waals surface area contributed by atoms with Gasteiger partial charge in [-0.3, -0.25) is 14.7 Å². The fourth-order valence-corrected chi connectivity index (χ4v) is 2.32. The minimum atomic E-state index is -0.324. The van der Waals surface area contributed by atoms with Gasteiger partial charge in [0.2, 0.25) is 0 Å². The van der Waals surface area contributed by atoms with Gasteiger partial charge in [0.1, 0.15) is 6.07 Å². The van der Waals surface area contributed by atoms with E-state index >= 15 is 0 Å². The molecule has 118 valence electrons. The van der Waals surface area contributed by atoms with Crippen LogP contribution in [-0.4, -0.2) is 28.9 Å². The van der Waals surface area contributed by atoms with Crippen molar-refractivity contribution in [2.24, 2.45) is 0 Å². The van der Waals surface area contributed by atoms with Gasteiger partial charge in [-0.1, -0.05) is 26.0 Å². The summed E-state index contributed by atoms with van der Waals surface area (Å²) in [6.07, 6.45) is 2.91. The van der Waals surface area contributed by atoms with Crippen molar-refractivity contribution in [1.29, 1.82) is 5.26 Å². The molecular formula is C18H20N4O. The Morgan fingerprint density at radius 2 is 2.09 bits per heavy atom. The van der Waals surface area contributed by atoms with E-state index in [0.29, 0.717) is 11.3 Å². The maximum Gasteiger partial charge on any atom is 0.258 e. The van der Waals surface area contributed by atoms with Crippen molar-refractivity contribution in [2.45, 2.75) is 20.4 Å². The Labute approximate surface area is 136 Å². The van der Waals surface area contributed by atoms with Crippen LogP contribution in [0.2, 0.25) is 0 Å². The van der Waals surface area contributed by atoms with Gasteiger partial charge in [-0.2, -0.15) is 5.26 Å². The topological polar surface area (TPSA) is 69.0 Å². The van der Waals surface area contributed by atoms with E-state index < -0.39 is 0 Å². The summed E-state index contributed by atoms with van der Waals surface area (Å²) in [7, 11) is 0. The standard InChI is InChI=1S/C18H20N4O/c1-3-22(4-2)13-14-6-5-7-16(10-14)21-18(23)17-12-20-9-8-15(17)11-19/h5-10,12H,3-4,13H2,1-2H3,(H,21,23). The second-order valence-electron chi connectivity index (χ2n) is 5.15. The molecule has 1 amide bonds. The van der Waals surface area contributed by atoms with E-state index in [-0.39, 0.29) is 11.5 Å². The first-order valence-corrected chi connectivity index (χ1v) is 7.64. The zero-order valence-corrected chi connectivity index (χ0v) is 13.4. The second kappa shape index (κ2) is 8.06.